The lowest BCUT2D eigenvalue weighted by molar-refractivity contribution is 0.190. The minimum Gasteiger partial charge on any atom is -0.383 e. The van der Waals surface area contributed by atoms with E-state index in [-0.39, 0.29) is 6.04 Å². The van der Waals surface area contributed by atoms with Crippen LogP contribution < -0.4 is 5.32 Å². The maximum atomic E-state index is 5.03. The van der Waals surface area contributed by atoms with Crippen molar-refractivity contribution in [1.29, 1.82) is 0 Å². The molecule has 78 valence electrons. The maximum Gasteiger partial charge on any atom is 0.126 e. The van der Waals surface area contributed by atoms with Gasteiger partial charge in [0.2, 0.25) is 0 Å². The summed E-state index contributed by atoms with van der Waals surface area (Å²) in [7, 11) is 1.69. The van der Waals surface area contributed by atoms with E-state index in [0.717, 1.165) is 10.3 Å². The molecule has 14 heavy (non-hydrogen) atoms. The Bertz CT molecular complexity index is 304. The Morgan fingerprint density at radius 1 is 1.64 bits per heavy atom. The van der Waals surface area contributed by atoms with Gasteiger partial charge in [-0.3, -0.25) is 0 Å². The zero-order valence-electron chi connectivity index (χ0n) is 8.67. The van der Waals surface area contributed by atoms with E-state index in [4.69, 9.17) is 4.74 Å². The van der Waals surface area contributed by atoms with Gasteiger partial charge in [-0.05, 0) is 41.4 Å². The summed E-state index contributed by atoms with van der Waals surface area (Å²) in [5.74, 6) is 0.884. The van der Waals surface area contributed by atoms with Gasteiger partial charge in [-0.25, -0.2) is 4.98 Å². The zero-order valence-corrected chi connectivity index (χ0v) is 10.3. The van der Waals surface area contributed by atoms with E-state index in [1.807, 2.05) is 13.0 Å². The van der Waals surface area contributed by atoms with Gasteiger partial charge in [-0.1, -0.05) is 0 Å². The van der Waals surface area contributed by atoms with Gasteiger partial charge in [0, 0.05) is 23.8 Å². The van der Waals surface area contributed by atoms with Crippen LogP contribution in [0.15, 0.2) is 16.7 Å². The molecule has 1 N–H and O–H groups in total. The van der Waals surface area contributed by atoms with Gasteiger partial charge in [0.1, 0.15) is 5.82 Å². The molecule has 0 fully saturated rings. The number of rotatable bonds is 4. The van der Waals surface area contributed by atoms with Crippen LogP contribution in [0.3, 0.4) is 0 Å². The lowest BCUT2D eigenvalue weighted by Gasteiger charge is -2.13. The lowest BCUT2D eigenvalue weighted by Crippen LogP contribution is -2.21. The minimum atomic E-state index is 0.271. The standard InChI is InChI=1S/C10H15BrN2O/c1-7-4-10(12-5-9(7)11)13-8(2)6-14-3/h4-5,8H,6H2,1-3H3,(H,12,13). The smallest absolute Gasteiger partial charge is 0.126 e. The number of nitrogens with zero attached hydrogens (tertiary/aromatic N) is 1. The van der Waals surface area contributed by atoms with Gasteiger partial charge in [0.25, 0.3) is 0 Å². The van der Waals surface area contributed by atoms with Crippen molar-refractivity contribution < 1.29 is 4.74 Å². The van der Waals surface area contributed by atoms with Crippen molar-refractivity contribution in [3.63, 3.8) is 0 Å². The third-order valence-corrected chi connectivity index (χ3v) is 2.69. The zero-order chi connectivity index (χ0) is 10.6. The summed E-state index contributed by atoms with van der Waals surface area (Å²) < 4.78 is 6.06. The first kappa shape index (κ1) is 11.5. The largest absolute Gasteiger partial charge is 0.383 e. The molecule has 1 atom stereocenters. The number of halogens is 1. The SMILES string of the molecule is COCC(C)Nc1cc(C)c(Br)cn1. The van der Waals surface area contributed by atoms with Crippen LogP contribution in [0.4, 0.5) is 5.82 Å². The Morgan fingerprint density at radius 3 is 2.93 bits per heavy atom. The van der Waals surface area contributed by atoms with Crippen LogP contribution in [0.5, 0.6) is 0 Å². The molecular formula is C10H15BrN2O. The molecule has 0 spiro atoms. The van der Waals surface area contributed by atoms with Crippen molar-refractivity contribution in [2.45, 2.75) is 19.9 Å². The number of nitrogens with one attached hydrogen (secondary N) is 1. The van der Waals surface area contributed by atoms with Crippen LogP contribution in [0.2, 0.25) is 0 Å². The van der Waals surface area contributed by atoms with Crippen LogP contribution in [0.1, 0.15) is 12.5 Å². The highest BCUT2D eigenvalue weighted by atomic mass is 79.9. The van der Waals surface area contributed by atoms with E-state index in [0.29, 0.717) is 6.61 Å². The van der Waals surface area contributed by atoms with Crippen molar-refractivity contribution in [2.24, 2.45) is 0 Å². The van der Waals surface area contributed by atoms with E-state index in [1.54, 1.807) is 13.3 Å². The second kappa shape index (κ2) is 5.32. The summed E-state index contributed by atoms with van der Waals surface area (Å²) in [5.41, 5.74) is 1.17. The monoisotopic (exact) mass is 258 g/mol. The summed E-state index contributed by atoms with van der Waals surface area (Å²) in [5, 5.41) is 3.25. The van der Waals surface area contributed by atoms with Crippen molar-refractivity contribution in [3.8, 4) is 0 Å². The summed E-state index contributed by atoms with van der Waals surface area (Å²) in [4.78, 5) is 4.25. The highest BCUT2D eigenvalue weighted by Gasteiger charge is 2.03. The van der Waals surface area contributed by atoms with Crippen LogP contribution in [-0.4, -0.2) is 24.7 Å². The average molecular weight is 259 g/mol. The van der Waals surface area contributed by atoms with E-state index >= 15 is 0 Å². The number of hydrogen-bond donors (Lipinski definition) is 1. The quantitative estimate of drug-likeness (QED) is 0.902. The number of aromatic nitrogens is 1. The molecule has 0 saturated heterocycles. The molecule has 0 aliphatic rings. The highest BCUT2D eigenvalue weighted by Crippen LogP contribution is 2.17. The Morgan fingerprint density at radius 2 is 2.36 bits per heavy atom. The van der Waals surface area contributed by atoms with E-state index < -0.39 is 0 Å². The molecule has 0 aliphatic heterocycles. The topological polar surface area (TPSA) is 34.1 Å². The molecule has 1 rings (SSSR count). The minimum absolute atomic E-state index is 0.271. The molecule has 3 nitrogen and oxygen atoms in total. The van der Waals surface area contributed by atoms with Crippen molar-refractivity contribution in [3.05, 3.63) is 22.3 Å². The molecule has 1 heterocycles. The van der Waals surface area contributed by atoms with E-state index in [9.17, 15) is 0 Å². The Hall–Kier alpha value is -0.610. The summed E-state index contributed by atoms with van der Waals surface area (Å²) in [6, 6.07) is 2.28. The van der Waals surface area contributed by atoms with Gasteiger partial charge < -0.3 is 10.1 Å². The predicted octanol–water partition coefficient (Wildman–Crippen LogP) is 2.60. The van der Waals surface area contributed by atoms with Crippen LogP contribution >= 0.6 is 15.9 Å². The van der Waals surface area contributed by atoms with E-state index in [1.165, 1.54) is 5.56 Å². The van der Waals surface area contributed by atoms with Crippen LogP contribution in [0.25, 0.3) is 0 Å². The molecule has 0 aromatic carbocycles. The third-order valence-electron chi connectivity index (χ3n) is 1.86. The highest BCUT2D eigenvalue weighted by molar-refractivity contribution is 9.10. The third kappa shape index (κ3) is 3.27. The summed E-state index contributed by atoms with van der Waals surface area (Å²) >= 11 is 3.41. The molecule has 1 aromatic rings. The fraction of sp³-hybridized carbons (Fsp3) is 0.500. The summed E-state index contributed by atoms with van der Waals surface area (Å²) in [6.45, 7) is 4.78. The molecular weight excluding hydrogens is 244 g/mol. The molecule has 1 aromatic heterocycles. The number of aryl methyl sites for hydroxylation is 1. The molecule has 0 bridgehead atoms. The fourth-order valence-corrected chi connectivity index (χ4v) is 1.38. The Balaban J connectivity index is 2.63. The molecule has 0 radical (unpaired) electrons. The first-order valence-electron chi connectivity index (χ1n) is 4.51. The maximum absolute atomic E-state index is 5.03. The number of methoxy groups -OCH3 is 1. The number of ether oxygens (including phenoxy) is 1. The first-order valence-corrected chi connectivity index (χ1v) is 5.30. The molecule has 0 saturated carbocycles. The Labute approximate surface area is 93.0 Å². The predicted molar refractivity (Wildman–Crippen MR) is 61.6 cm³/mol. The average Bonchev–Trinajstić information content (AvgIpc) is 2.12. The first-order chi connectivity index (χ1) is 6.63. The van der Waals surface area contributed by atoms with Crippen molar-refractivity contribution in [1.82, 2.24) is 4.98 Å². The fourth-order valence-electron chi connectivity index (χ4n) is 1.16. The molecule has 0 amide bonds. The normalized spacial score (nSPS) is 12.6. The number of anilines is 1. The van der Waals surface area contributed by atoms with Gasteiger partial charge >= 0.3 is 0 Å². The van der Waals surface area contributed by atoms with Crippen LogP contribution in [-0.2, 0) is 4.74 Å². The van der Waals surface area contributed by atoms with E-state index in [2.05, 4.69) is 33.2 Å². The molecule has 4 heteroatoms. The molecule has 0 aliphatic carbocycles. The van der Waals surface area contributed by atoms with Gasteiger partial charge in [0.05, 0.1) is 6.61 Å². The van der Waals surface area contributed by atoms with Gasteiger partial charge in [-0.15, -0.1) is 0 Å². The molecule has 1 unspecified atom stereocenters. The Kier molecular flexibility index (Phi) is 4.35. The lowest BCUT2D eigenvalue weighted by atomic mass is 10.3. The van der Waals surface area contributed by atoms with Crippen molar-refractivity contribution >= 4 is 21.7 Å². The summed E-state index contributed by atoms with van der Waals surface area (Å²) in [6.07, 6.45) is 1.80. The van der Waals surface area contributed by atoms with Crippen LogP contribution in [0, 0.1) is 6.92 Å². The number of hydrogen-bond acceptors (Lipinski definition) is 3. The number of pyridine rings is 1. The van der Waals surface area contributed by atoms with Gasteiger partial charge in [-0.2, -0.15) is 0 Å². The van der Waals surface area contributed by atoms with Crippen molar-refractivity contribution in [2.75, 3.05) is 19.0 Å². The van der Waals surface area contributed by atoms with Gasteiger partial charge in [0.15, 0.2) is 0 Å². The second-order valence-corrected chi connectivity index (χ2v) is 4.17. The second-order valence-electron chi connectivity index (χ2n) is 3.32.